The molecule has 0 aromatic heterocycles. The van der Waals surface area contributed by atoms with E-state index in [0.717, 1.165) is 13.1 Å². The number of anilines is 1. The minimum absolute atomic E-state index is 0.0917. The fourth-order valence-corrected chi connectivity index (χ4v) is 2.68. The van der Waals surface area contributed by atoms with E-state index in [2.05, 4.69) is 24.4 Å². The van der Waals surface area contributed by atoms with Gasteiger partial charge in [0.2, 0.25) is 5.91 Å². The van der Waals surface area contributed by atoms with Crippen molar-refractivity contribution in [3.8, 4) is 5.75 Å². The molecule has 2 N–H and O–H groups in total. The summed E-state index contributed by atoms with van der Waals surface area (Å²) in [5, 5.41) is 13.6. The van der Waals surface area contributed by atoms with Crippen molar-refractivity contribution >= 4 is 17.3 Å². The second-order valence-electron chi connectivity index (χ2n) is 5.96. The molecule has 2 rings (SSSR count). The number of carbonyl (C=O) groups excluding carboxylic acids is 1. The van der Waals surface area contributed by atoms with E-state index in [1.807, 2.05) is 18.2 Å². The Hall–Kier alpha value is -2.93. The average Bonchev–Trinajstić information content (AvgIpc) is 2.65. The third-order valence-electron chi connectivity index (χ3n) is 4.17. The molecule has 0 bridgehead atoms. The molecule has 1 amide bonds. The van der Waals surface area contributed by atoms with Crippen molar-refractivity contribution in [3.05, 3.63) is 64.2 Å². The molecule has 0 fully saturated rings. The van der Waals surface area contributed by atoms with Crippen molar-refractivity contribution in [2.75, 3.05) is 25.5 Å². The number of quaternary nitrogens is 1. The number of amides is 1. The lowest BCUT2D eigenvalue weighted by Crippen LogP contribution is -3.10. The first-order valence-corrected chi connectivity index (χ1v) is 8.53. The number of benzene rings is 2. The minimum Gasteiger partial charge on any atom is -0.495 e. The summed E-state index contributed by atoms with van der Waals surface area (Å²) in [6, 6.07) is 14.3. The average molecular weight is 358 g/mol. The second-order valence-corrected chi connectivity index (χ2v) is 5.96. The van der Waals surface area contributed by atoms with Crippen LogP contribution in [0, 0.1) is 10.1 Å². The first kappa shape index (κ1) is 19.4. The summed E-state index contributed by atoms with van der Waals surface area (Å²) < 4.78 is 5.16. The highest BCUT2D eigenvalue weighted by molar-refractivity contribution is 5.92. The quantitative estimate of drug-likeness (QED) is 0.531. The van der Waals surface area contributed by atoms with Gasteiger partial charge in [-0.2, -0.15) is 0 Å². The van der Waals surface area contributed by atoms with Gasteiger partial charge in [-0.1, -0.05) is 30.3 Å². The van der Waals surface area contributed by atoms with Gasteiger partial charge in [-0.05, 0) is 13.0 Å². The first-order valence-electron chi connectivity index (χ1n) is 8.53. The molecule has 0 aliphatic carbocycles. The lowest BCUT2D eigenvalue weighted by Gasteiger charge is -2.17. The van der Waals surface area contributed by atoms with Gasteiger partial charge >= 0.3 is 0 Å². The number of hydrogen-bond acceptors (Lipinski definition) is 4. The van der Waals surface area contributed by atoms with Crippen molar-refractivity contribution in [1.82, 2.24) is 0 Å². The molecule has 2 aromatic rings. The van der Waals surface area contributed by atoms with Crippen LogP contribution in [0.1, 0.15) is 18.9 Å². The number of nitrogens with one attached hydrogen (secondary N) is 2. The van der Waals surface area contributed by atoms with E-state index in [0.29, 0.717) is 24.4 Å². The monoisotopic (exact) mass is 358 g/mol. The lowest BCUT2D eigenvalue weighted by molar-refractivity contribution is -0.911. The summed E-state index contributed by atoms with van der Waals surface area (Å²) in [4.78, 5) is 24.0. The standard InChI is InChI=1S/C19H23N3O4/c1-3-21(14-15-7-5-4-6-8-15)12-11-19(23)20-17-13-16(22(24)25)9-10-18(17)26-2/h4-10,13H,3,11-12,14H2,1-2H3,(H,20,23)/p+1. The third-order valence-corrected chi connectivity index (χ3v) is 4.17. The van der Waals surface area contributed by atoms with Crippen LogP contribution in [-0.2, 0) is 11.3 Å². The maximum atomic E-state index is 12.3. The number of ether oxygens (including phenoxy) is 1. The fourth-order valence-electron chi connectivity index (χ4n) is 2.68. The number of non-ortho nitro benzene ring substituents is 1. The summed E-state index contributed by atoms with van der Waals surface area (Å²) in [6.07, 6.45) is 0.321. The van der Waals surface area contributed by atoms with Gasteiger partial charge in [-0.3, -0.25) is 14.9 Å². The molecule has 1 unspecified atom stereocenters. The topological polar surface area (TPSA) is 85.9 Å². The molecule has 0 saturated carbocycles. The number of methoxy groups -OCH3 is 1. The van der Waals surface area contributed by atoms with Gasteiger partial charge in [-0.15, -0.1) is 0 Å². The highest BCUT2D eigenvalue weighted by atomic mass is 16.6. The largest absolute Gasteiger partial charge is 0.495 e. The zero-order valence-corrected chi connectivity index (χ0v) is 15.0. The normalized spacial score (nSPS) is 11.6. The van der Waals surface area contributed by atoms with Crippen molar-refractivity contribution in [1.29, 1.82) is 0 Å². The Morgan fingerprint density at radius 1 is 1.23 bits per heavy atom. The third kappa shape index (κ3) is 5.56. The smallest absolute Gasteiger partial charge is 0.271 e. The highest BCUT2D eigenvalue weighted by Gasteiger charge is 2.15. The van der Waals surface area contributed by atoms with Crippen molar-refractivity contribution in [2.24, 2.45) is 0 Å². The predicted molar refractivity (Wildman–Crippen MR) is 99.4 cm³/mol. The van der Waals surface area contributed by atoms with E-state index in [1.165, 1.54) is 35.8 Å². The molecule has 0 aliphatic heterocycles. The second kappa shape index (κ2) is 9.53. The zero-order valence-electron chi connectivity index (χ0n) is 15.0. The Morgan fingerprint density at radius 2 is 1.96 bits per heavy atom. The number of rotatable bonds is 9. The predicted octanol–water partition coefficient (Wildman–Crippen LogP) is 2.04. The maximum absolute atomic E-state index is 12.3. The van der Waals surface area contributed by atoms with Crippen LogP contribution >= 0.6 is 0 Å². The Kier molecular flexibility index (Phi) is 7.11. The Labute approximate surface area is 152 Å². The van der Waals surface area contributed by atoms with Crippen LogP contribution in [-0.4, -0.2) is 31.0 Å². The van der Waals surface area contributed by atoms with E-state index in [4.69, 9.17) is 4.74 Å². The molecule has 0 saturated heterocycles. The zero-order chi connectivity index (χ0) is 18.9. The van der Waals surface area contributed by atoms with Gasteiger partial charge in [0.05, 0.1) is 37.2 Å². The van der Waals surface area contributed by atoms with Gasteiger partial charge in [-0.25, -0.2) is 0 Å². The van der Waals surface area contributed by atoms with Crippen molar-refractivity contribution in [3.63, 3.8) is 0 Å². The van der Waals surface area contributed by atoms with E-state index in [9.17, 15) is 14.9 Å². The van der Waals surface area contributed by atoms with Gasteiger partial charge in [0.25, 0.3) is 5.69 Å². The van der Waals surface area contributed by atoms with Crippen LogP contribution < -0.4 is 15.0 Å². The molecule has 7 nitrogen and oxygen atoms in total. The maximum Gasteiger partial charge on any atom is 0.271 e. The van der Waals surface area contributed by atoms with Crippen LogP contribution in [0.5, 0.6) is 5.75 Å². The SMILES string of the molecule is CC[NH+](CCC(=O)Nc1cc([N+](=O)[O-])ccc1OC)Cc1ccccc1. The number of nitro groups is 1. The molecular weight excluding hydrogens is 334 g/mol. The van der Waals surface area contributed by atoms with Crippen LogP contribution in [0.4, 0.5) is 11.4 Å². The molecule has 0 spiro atoms. The molecule has 0 radical (unpaired) electrons. The van der Waals surface area contributed by atoms with E-state index < -0.39 is 4.92 Å². The molecule has 0 heterocycles. The van der Waals surface area contributed by atoms with E-state index in [1.54, 1.807) is 0 Å². The Morgan fingerprint density at radius 3 is 2.58 bits per heavy atom. The number of hydrogen-bond donors (Lipinski definition) is 2. The summed E-state index contributed by atoms with van der Waals surface area (Å²) in [7, 11) is 1.46. The van der Waals surface area contributed by atoms with Crippen molar-refractivity contribution in [2.45, 2.75) is 19.9 Å². The summed E-state index contributed by atoms with van der Waals surface area (Å²) >= 11 is 0. The minimum atomic E-state index is -0.502. The van der Waals surface area contributed by atoms with Gasteiger partial charge < -0.3 is 15.0 Å². The fraction of sp³-hybridized carbons (Fsp3) is 0.316. The molecule has 7 heteroatoms. The number of carbonyl (C=O) groups is 1. The number of nitrogens with zero attached hydrogens (tertiary/aromatic N) is 1. The van der Waals surface area contributed by atoms with Gasteiger partial charge in [0.15, 0.2) is 0 Å². The van der Waals surface area contributed by atoms with Crippen LogP contribution in [0.3, 0.4) is 0 Å². The van der Waals surface area contributed by atoms with Gasteiger partial charge in [0.1, 0.15) is 12.3 Å². The van der Waals surface area contributed by atoms with Crippen LogP contribution in [0.25, 0.3) is 0 Å². The lowest BCUT2D eigenvalue weighted by atomic mass is 10.2. The molecule has 2 aromatic carbocycles. The van der Waals surface area contributed by atoms with Crippen LogP contribution in [0.15, 0.2) is 48.5 Å². The molecule has 138 valence electrons. The summed E-state index contributed by atoms with van der Waals surface area (Å²) in [5.74, 6) is 0.204. The Bertz CT molecular complexity index is 750. The van der Waals surface area contributed by atoms with Crippen molar-refractivity contribution < 1.29 is 19.4 Å². The summed E-state index contributed by atoms with van der Waals surface area (Å²) in [6.45, 7) is 4.52. The molecule has 26 heavy (non-hydrogen) atoms. The molecular formula is C19H24N3O4+. The van der Waals surface area contributed by atoms with E-state index in [-0.39, 0.29) is 11.6 Å². The van der Waals surface area contributed by atoms with Crippen LogP contribution in [0.2, 0.25) is 0 Å². The Balaban J connectivity index is 1.95. The summed E-state index contributed by atoms with van der Waals surface area (Å²) in [5.41, 5.74) is 1.45. The highest BCUT2D eigenvalue weighted by Crippen LogP contribution is 2.28. The molecule has 0 aliphatic rings. The first-order chi connectivity index (χ1) is 12.5. The van der Waals surface area contributed by atoms with E-state index >= 15 is 0 Å². The molecule has 1 atom stereocenters. The van der Waals surface area contributed by atoms with Gasteiger partial charge in [0, 0.05) is 17.7 Å². The number of nitro benzene ring substituents is 1.